The normalized spacial score (nSPS) is 10.6. The van der Waals surface area contributed by atoms with Crippen LogP contribution in [0.25, 0.3) is 0 Å². The first kappa shape index (κ1) is 13.1. The largest absolute Gasteiger partial charge is 0.325 e. The van der Waals surface area contributed by atoms with Gasteiger partial charge in [0.2, 0.25) is 0 Å². The molecular formula is C12H18N6O. The van der Waals surface area contributed by atoms with E-state index in [0.29, 0.717) is 5.82 Å². The zero-order chi connectivity index (χ0) is 14.2. The molecule has 7 nitrogen and oxygen atoms in total. The summed E-state index contributed by atoms with van der Waals surface area (Å²) in [7, 11) is 3.67. The number of hydrogen-bond acceptors (Lipinski definition) is 3. The Morgan fingerprint density at radius 2 is 1.79 bits per heavy atom. The lowest BCUT2D eigenvalue weighted by Crippen LogP contribution is -2.20. The van der Waals surface area contributed by atoms with E-state index >= 15 is 0 Å². The van der Waals surface area contributed by atoms with E-state index in [1.54, 1.807) is 9.36 Å². The Kier molecular flexibility index (Phi) is 3.28. The summed E-state index contributed by atoms with van der Waals surface area (Å²) in [5.41, 5.74) is 3.40. The van der Waals surface area contributed by atoms with Crippen molar-refractivity contribution < 1.29 is 4.79 Å². The summed E-state index contributed by atoms with van der Waals surface area (Å²) in [5, 5.41) is 13.9. The van der Waals surface area contributed by atoms with Crippen molar-refractivity contribution in [3.8, 4) is 0 Å². The van der Waals surface area contributed by atoms with Crippen LogP contribution in [0.3, 0.4) is 0 Å². The van der Waals surface area contributed by atoms with E-state index in [1.807, 2.05) is 40.9 Å². The van der Waals surface area contributed by atoms with Gasteiger partial charge in [-0.15, -0.1) is 0 Å². The number of carbonyl (C=O) groups excluding carboxylic acids is 1. The Labute approximate surface area is 111 Å². The minimum absolute atomic E-state index is 0.322. The highest BCUT2D eigenvalue weighted by Crippen LogP contribution is 2.18. The Bertz CT molecular complexity index is 605. The summed E-state index contributed by atoms with van der Waals surface area (Å²) in [5.74, 6) is 0.525. The second-order valence-electron chi connectivity index (χ2n) is 4.54. The molecule has 2 amide bonds. The van der Waals surface area contributed by atoms with Crippen LogP contribution in [0.1, 0.15) is 17.1 Å². The lowest BCUT2D eigenvalue weighted by atomic mass is 10.3. The molecule has 2 aromatic heterocycles. The van der Waals surface area contributed by atoms with Gasteiger partial charge in [0.05, 0.1) is 17.1 Å². The van der Waals surface area contributed by atoms with E-state index in [-0.39, 0.29) is 6.03 Å². The number of hydrogen-bond donors (Lipinski definition) is 2. The quantitative estimate of drug-likeness (QED) is 0.865. The van der Waals surface area contributed by atoms with Gasteiger partial charge in [-0.25, -0.2) is 4.79 Å². The number of nitrogens with one attached hydrogen (secondary N) is 2. The minimum Gasteiger partial charge on any atom is -0.304 e. The molecule has 0 aliphatic heterocycles. The summed E-state index contributed by atoms with van der Waals surface area (Å²) in [6.45, 7) is 5.68. The molecule has 2 N–H and O–H groups in total. The number of anilines is 2. The Morgan fingerprint density at radius 1 is 1.11 bits per heavy atom. The number of rotatable bonds is 2. The lowest BCUT2D eigenvalue weighted by Gasteiger charge is -2.05. The molecule has 0 aliphatic carbocycles. The predicted octanol–water partition coefficient (Wildman–Crippen LogP) is 1.72. The lowest BCUT2D eigenvalue weighted by molar-refractivity contribution is 0.262. The fraction of sp³-hybridized carbons (Fsp3) is 0.417. The molecule has 2 heterocycles. The second-order valence-corrected chi connectivity index (χ2v) is 4.54. The maximum Gasteiger partial charge on any atom is 0.325 e. The summed E-state index contributed by atoms with van der Waals surface area (Å²) in [4.78, 5) is 11.9. The van der Waals surface area contributed by atoms with Crippen molar-refractivity contribution in [3.05, 3.63) is 23.1 Å². The van der Waals surface area contributed by atoms with Crippen LogP contribution in [-0.2, 0) is 14.1 Å². The van der Waals surface area contributed by atoms with E-state index in [0.717, 1.165) is 22.8 Å². The molecule has 102 valence electrons. The Morgan fingerprint density at radius 3 is 2.26 bits per heavy atom. The third-order valence-corrected chi connectivity index (χ3v) is 3.10. The van der Waals surface area contributed by atoms with Crippen molar-refractivity contribution in [1.82, 2.24) is 19.6 Å². The van der Waals surface area contributed by atoms with Gasteiger partial charge in [0.1, 0.15) is 0 Å². The number of aryl methyl sites for hydroxylation is 4. The highest BCUT2D eigenvalue weighted by molar-refractivity contribution is 5.99. The maximum absolute atomic E-state index is 11.9. The standard InChI is InChI=1S/C12H18N6O/c1-7-6-10(16-17(7)4)13-12(19)14-11-8(2)15-18(5)9(11)3/h6H,1-5H3,(H2,13,14,16,19). The van der Waals surface area contributed by atoms with E-state index < -0.39 is 0 Å². The van der Waals surface area contributed by atoms with Crippen LogP contribution in [0.4, 0.5) is 16.3 Å². The topological polar surface area (TPSA) is 76.8 Å². The zero-order valence-corrected chi connectivity index (χ0v) is 11.8. The van der Waals surface area contributed by atoms with Crippen molar-refractivity contribution in [2.45, 2.75) is 20.8 Å². The maximum atomic E-state index is 11.9. The average Bonchev–Trinajstić information content (AvgIpc) is 2.74. The molecule has 0 saturated heterocycles. The molecule has 0 unspecified atom stereocenters. The molecule has 0 fully saturated rings. The van der Waals surface area contributed by atoms with E-state index in [2.05, 4.69) is 20.8 Å². The van der Waals surface area contributed by atoms with Crippen LogP contribution in [-0.4, -0.2) is 25.6 Å². The molecule has 7 heteroatoms. The summed E-state index contributed by atoms with van der Waals surface area (Å²) in [6, 6.07) is 1.49. The van der Waals surface area contributed by atoms with Gasteiger partial charge in [-0.2, -0.15) is 10.2 Å². The molecule has 0 saturated carbocycles. The highest BCUT2D eigenvalue weighted by atomic mass is 16.2. The van der Waals surface area contributed by atoms with Crippen molar-refractivity contribution in [2.24, 2.45) is 14.1 Å². The molecule has 0 atom stereocenters. The molecular weight excluding hydrogens is 244 g/mol. The van der Waals surface area contributed by atoms with Gasteiger partial charge >= 0.3 is 6.03 Å². The van der Waals surface area contributed by atoms with Gasteiger partial charge in [0.25, 0.3) is 0 Å². The fourth-order valence-electron chi connectivity index (χ4n) is 1.84. The van der Waals surface area contributed by atoms with Crippen LogP contribution in [0.2, 0.25) is 0 Å². The van der Waals surface area contributed by atoms with E-state index in [4.69, 9.17) is 0 Å². The molecule has 2 aromatic rings. The van der Waals surface area contributed by atoms with Gasteiger partial charge < -0.3 is 5.32 Å². The smallest absolute Gasteiger partial charge is 0.304 e. The third-order valence-electron chi connectivity index (χ3n) is 3.10. The second kappa shape index (κ2) is 4.75. The van der Waals surface area contributed by atoms with Crippen molar-refractivity contribution in [3.63, 3.8) is 0 Å². The molecule has 0 spiro atoms. The van der Waals surface area contributed by atoms with Crippen LogP contribution in [0, 0.1) is 20.8 Å². The van der Waals surface area contributed by atoms with Crippen molar-refractivity contribution in [1.29, 1.82) is 0 Å². The highest BCUT2D eigenvalue weighted by Gasteiger charge is 2.13. The van der Waals surface area contributed by atoms with E-state index in [9.17, 15) is 4.79 Å². The molecule has 2 rings (SSSR count). The Hall–Kier alpha value is -2.31. The number of amides is 2. The first-order valence-electron chi connectivity index (χ1n) is 5.97. The minimum atomic E-state index is -0.322. The van der Waals surface area contributed by atoms with Crippen molar-refractivity contribution in [2.75, 3.05) is 10.6 Å². The van der Waals surface area contributed by atoms with Crippen LogP contribution < -0.4 is 10.6 Å². The average molecular weight is 262 g/mol. The first-order valence-corrected chi connectivity index (χ1v) is 5.97. The number of carbonyl (C=O) groups is 1. The number of nitrogens with zero attached hydrogens (tertiary/aromatic N) is 4. The van der Waals surface area contributed by atoms with Gasteiger partial charge in [-0.05, 0) is 20.8 Å². The van der Waals surface area contributed by atoms with Crippen LogP contribution in [0.15, 0.2) is 6.07 Å². The first-order chi connectivity index (χ1) is 8.88. The molecule has 0 radical (unpaired) electrons. The van der Waals surface area contributed by atoms with Gasteiger partial charge in [-0.1, -0.05) is 0 Å². The van der Waals surface area contributed by atoms with Gasteiger partial charge in [0, 0.05) is 25.9 Å². The van der Waals surface area contributed by atoms with Crippen LogP contribution in [0.5, 0.6) is 0 Å². The third kappa shape index (κ3) is 2.59. The fourth-order valence-corrected chi connectivity index (χ4v) is 1.84. The molecule has 0 aromatic carbocycles. The molecule has 19 heavy (non-hydrogen) atoms. The zero-order valence-electron chi connectivity index (χ0n) is 11.8. The monoisotopic (exact) mass is 262 g/mol. The molecule has 0 bridgehead atoms. The van der Waals surface area contributed by atoms with E-state index in [1.165, 1.54) is 0 Å². The van der Waals surface area contributed by atoms with Crippen molar-refractivity contribution >= 4 is 17.5 Å². The molecule has 0 aliphatic rings. The Balaban J connectivity index is 2.09. The van der Waals surface area contributed by atoms with Gasteiger partial charge in [-0.3, -0.25) is 14.7 Å². The summed E-state index contributed by atoms with van der Waals surface area (Å²) in [6.07, 6.45) is 0. The number of aromatic nitrogens is 4. The van der Waals surface area contributed by atoms with Crippen LogP contribution >= 0.6 is 0 Å². The summed E-state index contributed by atoms with van der Waals surface area (Å²) < 4.78 is 3.44. The SMILES string of the molecule is Cc1nn(C)c(C)c1NC(=O)Nc1cc(C)n(C)n1. The number of urea groups is 1. The van der Waals surface area contributed by atoms with Gasteiger partial charge in [0.15, 0.2) is 5.82 Å². The predicted molar refractivity (Wildman–Crippen MR) is 73.3 cm³/mol. The summed E-state index contributed by atoms with van der Waals surface area (Å²) >= 11 is 0.